The molecular weight excluding hydrogens is 320 g/mol. The lowest BCUT2D eigenvalue weighted by Crippen LogP contribution is -2.41. The maximum atomic E-state index is 6.22. The van der Waals surface area contributed by atoms with Gasteiger partial charge in [-0.05, 0) is 25.0 Å². The monoisotopic (exact) mass is 346 g/mol. The standard InChI is InChI=1S/C19H26N2O2S/c1-18(2)12-14(13-19(3,4)24-18)23-17-10-11-21(20-17)15-8-6-7-9-16(15)22-5/h6-11,14H,12-13H2,1-5H3. The molecule has 4 nitrogen and oxygen atoms in total. The zero-order valence-electron chi connectivity index (χ0n) is 15.1. The number of thioether (sulfide) groups is 1. The fourth-order valence-corrected chi connectivity index (χ4v) is 5.61. The lowest BCUT2D eigenvalue weighted by molar-refractivity contribution is 0.145. The first-order valence-electron chi connectivity index (χ1n) is 8.34. The van der Waals surface area contributed by atoms with E-state index in [0.29, 0.717) is 5.88 Å². The van der Waals surface area contributed by atoms with E-state index < -0.39 is 0 Å². The minimum atomic E-state index is 0.192. The molecule has 0 amide bonds. The van der Waals surface area contributed by atoms with Crippen molar-refractivity contribution in [1.82, 2.24) is 9.78 Å². The predicted octanol–water partition coefficient (Wildman–Crippen LogP) is 4.71. The van der Waals surface area contributed by atoms with Gasteiger partial charge in [0.1, 0.15) is 17.5 Å². The largest absolute Gasteiger partial charge is 0.494 e. The van der Waals surface area contributed by atoms with Gasteiger partial charge in [0, 0.05) is 21.8 Å². The highest BCUT2D eigenvalue weighted by Crippen LogP contribution is 2.47. The van der Waals surface area contributed by atoms with Gasteiger partial charge in [0.25, 0.3) is 0 Å². The van der Waals surface area contributed by atoms with Crippen molar-refractivity contribution in [2.75, 3.05) is 7.11 Å². The van der Waals surface area contributed by atoms with Crippen molar-refractivity contribution in [2.45, 2.75) is 56.1 Å². The minimum absolute atomic E-state index is 0.192. The van der Waals surface area contributed by atoms with Gasteiger partial charge in [0.2, 0.25) is 5.88 Å². The number of rotatable bonds is 4. The number of benzene rings is 1. The summed E-state index contributed by atoms with van der Waals surface area (Å²) in [6.07, 6.45) is 4.17. The number of methoxy groups -OCH3 is 1. The van der Waals surface area contributed by atoms with Crippen molar-refractivity contribution < 1.29 is 9.47 Å². The summed E-state index contributed by atoms with van der Waals surface area (Å²) in [4.78, 5) is 0. The summed E-state index contributed by atoms with van der Waals surface area (Å²) in [5.41, 5.74) is 0.912. The van der Waals surface area contributed by atoms with Crippen molar-refractivity contribution in [1.29, 1.82) is 0 Å². The molecule has 2 heterocycles. The Morgan fingerprint density at radius 1 is 1.08 bits per heavy atom. The van der Waals surface area contributed by atoms with Crippen LogP contribution in [0.2, 0.25) is 0 Å². The summed E-state index contributed by atoms with van der Waals surface area (Å²) in [7, 11) is 1.67. The molecule has 2 aromatic rings. The maximum Gasteiger partial charge on any atom is 0.233 e. The molecule has 1 aromatic heterocycles. The number of aromatic nitrogens is 2. The van der Waals surface area contributed by atoms with Gasteiger partial charge in [0.05, 0.1) is 7.11 Å². The summed E-state index contributed by atoms with van der Waals surface area (Å²) in [6, 6.07) is 9.77. The lowest BCUT2D eigenvalue weighted by Gasteiger charge is -2.43. The molecule has 0 radical (unpaired) electrons. The molecule has 1 aliphatic heterocycles. The van der Waals surface area contributed by atoms with E-state index in [-0.39, 0.29) is 15.6 Å². The molecule has 5 heteroatoms. The molecule has 1 fully saturated rings. The van der Waals surface area contributed by atoms with Gasteiger partial charge in [-0.25, -0.2) is 4.68 Å². The zero-order valence-corrected chi connectivity index (χ0v) is 15.9. The van der Waals surface area contributed by atoms with E-state index in [1.54, 1.807) is 7.11 Å². The van der Waals surface area contributed by atoms with E-state index in [1.165, 1.54) is 0 Å². The number of ether oxygens (including phenoxy) is 2. The third-order valence-electron chi connectivity index (χ3n) is 4.18. The van der Waals surface area contributed by atoms with Crippen molar-refractivity contribution >= 4 is 11.8 Å². The van der Waals surface area contributed by atoms with Crippen LogP contribution in [0.3, 0.4) is 0 Å². The molecule has 0 saturated carbocycles. The number of nitrogens with zero attached hydrogens (tertiary/aromatic N) is 2. The molecule has 1 aromatic carbocycles. The molecule has 0 atom stereocenters. The molecule has 130 valence electrons. The summed E-state index contributed by atoms with van der Waals surface area (Å²) < 4.78 is 13.9. The van der Waals surface area contributed by atoms with E-state index in [4.69, 9.17) is 9.47 Å². The second kappa shape index (κ2) is 6.36. The smallest absolute Gasteiger partial charge is 0.233 e. The second-order valence-corrected chi connectivity index (χ2v) is 9.95. The number of hydrogen-bond acceptors (Lipinski definition) is 4. The average Bonchev–Trinajstić information content (AvgIpc) is 2.92. The Hall–Kier alpha value is -1.62. The van der Waals surface area contributed by atoms with Crippen LogP contribution in [0.4, 0.5) is 0 Å². The molecule has 0 spiro atoms. The predicted molar refractivity (Wildman–Crippen MR) is 99.5 cm³/mol. The summed E-state index contributed by atoms with van der Waals surface area (Å²) >= 11 is 2.05. The molecule has 24 heavy (non-hydrogen) atoms. The highest BCUT2D eigenvalue weighted by Gasteiger charge is 2.40. The van der Waals surface area contributed by atoms with E-state index in [1.807, 2.05) is 53.0 Å². The third kappa shape index (κ3) is 3.89. The van der Waals surface area contributed by atoms with E-state index >= 15 is 0 Å². The Kier molecular flexibility index (Phi) is 4.56. The quantitative estimate of drug-likeness (QED) is 0.803. The fourth-order valence-electron chi connectivity index (χ4n) is 3.58. The number of hydrogen-bond donors (Lipinski definition) is 0. The van der Waals surface area contributed by atoms with E-state index in [9.17, 15) is 0 Å². The topological polar surface area (TPSA) is 36.3 Å². The molecule has 1 aliphatic rings. The van der Waals surface area contributed by atoms with Crippen LogP contribution < -0.4 is 9.47 Å². The SMILES string of the molecule is COc1ccccc1-n1ccc(OC2CC(C)(C)SC(C)(C)C2)n1. The molecule has 0 N–H and O–H groups in total. The second-order valence-electron chi connectivity index (χ2n) is 7.54. The van der Waals surface area contributed by atoms with E-state index in [2.05, 4.69) is 32.8 Å². The van der Waals surface area contributed by atoms with Gasteiger partial charge in [-0.1, -0.05) is 39.8 Å². The molecule has 0 unspecified atom stereocenters. The van der Waals surface area contributed by atoms with Crippen LogP contribution in [-0.4, -0.2) is 32.5 Å². The van der Waals surface area contributed by atoms with Crippen LogP contribution in [0.25, 0.3) is 5.69 Å². The van der Waals surface area contributed by atoms with Gasteiger partial charge in [0.15, 0.2) is 0 Å². The molecule has 0 aliphatic carbocycles. The number of para-hydroxylation sites is 2. The highest BCUT2D eigenvalue weighted by molar-refractivity contribution is 8.01. The summed E-state index contributed by atoms with van der Waals surface area (Å²) in [6.45, 7) is 9.18. The maximum absolute atomic E-state index is 6.22. The first-order chi connectivity index (χ1) is 11.3. The Labute approximate surface area is 148 Å². The normalized spacial score (nSPS) is 19.9. The summed E-state index contributed by atoms with van der Waals surface area (Å²) in [5, 5.41) is 4.59. The van der Waals surface area contributed by atoms with Crippen LogP contribution in [0, 0.1) is 0 Å². The van der Waals surface area contributed by atoms with Crippen molar-refractivity contribution in [3.63, 3.8) is 0 Å². The lowest BCUT2D eigenvalue weighted by atomic mass is 9.95. The molecule has 3 rings (SSSR count). The van der Waals surface area contributed by atoms with Crippen molar-refractivity contribution in [2.24, 2.45) is 0 Å². The van der Waals surface area contributed by atoms with Crippen LogP contribution in [0.15, 0.2) is 36.5 Å². The van der Waals surface area contributed by atoms with Crippen molar-refractivity contribution in [3.8, 4) is 17.3 Å². The van der Waals surface area contributed by atoms with Gasteiger partial charge >= 0.3 is 0 Å². The zero-order chi connectivity index (χ0) is 17.4. The highest BCUT2D eigenvalue weighted by atomic mass is 32.2. The average molecular weight is 346 g/mol. The van der Waals surface area contributed by atoms with Gasteiger partial charge < -0.3 is 9.47 Å². The first-order valence-corrected chi connectivity index (χ1v) is 9.16. The first kappa shape index (κ1) is 17.2. The van der Waals surface area contributed by atoms with Crippen molar-refractivity contribution in [3.05, 3.63) is 36.5 Å². The van der Waals surface area contributed by atoms with Crippen LogP contribution >= 0.6 is 11.8 Å². The van der Waals surface area contributed by atoms with E-state index in [0.717, 1.165) is 24.3 Å². The van der Waals surface area contributed by atoms with Crippen LogP contribution in [0.5, 0.6) is 11.6 Å². The van der Waals surface area contributed by atoms with Gasteiger partial charge in [-0.15, -0.1) is 16.9 Å². The molecular formula is C19H26N2O2S. The van der Waals surface area contributed by atoms with Crippen LogP contribution in [-0.2, 0) is 0 Å². The molecule has 1 saturated heterocycles. The Bertz CT molecular complexity index is 693. The van der Waals surface area contributed by atoms with Gasteiger partial charge in [-0.3, -0.25) is 0 Å². The van der Waals surface area contributed by atoms with Gasteiger partial charge in [-0.2, -0.15) is 0 Å². The van der Waals surface area contributed by atoms with Crippen LogP contribution in [0.1, 0.15) is 40.5 Å². The minimum Gasteiger partial charge on any atom is -0.494 e. The Balaban J connectivity index is 1.77. The third-order valence-corrected chi connectivity index (χ3v) is 5.61. The summed E-state index contributed by atoms with van der Waals surface area (Å²) in [5.74, 6) is 1.47. The molecule has 0 bridgehead atoms. The fraction of sp³-hybridized carbons (Fsp3) is 0.526. The Morgan fingerprint density at radius 3 is 2.42 bits per heavy atom. The Morgan fingerprint density at radius 2 is 1.75 bits per heavy atom.